The first-order chi connectivity index (χ1) is 15.8. The van der Waals surface area contributed by atoms with E-state index in [1.807, 2.05) is 45.9 Å². The smallest absolute Gasteiger partial charge is 0.118 e. The fraction of sp³-hybridized carbons (Fsp3) is 0.538. The third-order valence-electron chi connectivity index (χ3n) is 5.26. The van der Waals surface area contributed by atoms with Crippen LogP contribution in [0.5, 0.6) is 11.5 Å². The molecular formula is C26H42Cl2N2O2S2. The molecule has 34 heavy (non-hydrogen) atoms. The number of hydrogen-bond donors (Lipinski definition) is 2. The molecule has 0 heterocycles. The highest BCUT2D eigenvalue weighted by Gasteiger charge is 1.97. The van der Waals surface area contributed by atoms with Crippen LogP contribution in [-0.2, 0) is 12.8 Å². The van der Waals surface area contributed by atoms with E-state index in [4.69, 9.17) is 9.47 Å². The van der Waals surface area contributed by atoms with Crippen LogP contribution in [0.2, 0.25) is 0 Å². The van der Waals surface area contributed by atoms with Crippen LogP contribution in [0.1, 0.15) is 36.8 Å². The maximum Gasteiger partial charge on any atom is 0.118 e. The lowest BCUT2D eigenvalue weighted by Gasteiger charge is -2.07. The van der Waals surface area contributed by atoms with Crippen molar-refractivity contribution in [3.05, 3.63) is 59.7 Å². The van der Waals surface area contributed by atoms with Gasteiger partial charge in [-0.1, -0.05) is 45.9 Å². The number of ether oxygens (including phenoxy) is 2. The Morgan fingerprint density at radius 3 is 1.29 bits per heavy atom. The van der Waals surface area contributed by atoms with E-state index in [0.717, 1.165) is 50.5 Å². The molecular weight excluding hydrogens is 507 g/mol. The predicted molar refractivity (Wildman–Crippen MR) is 157 cm³/mol. The van der Waals surface area contributed by atoms with Gasteiger partial charge in [-0.2, -0.15) is 0 Å². The number of aryl methyl sites for hydroxylation is 2. The standard InChI is InChI=1S/C26H40N2O2S2.2ClH/c1-29-25-13-9-23(10-14-25)7-3-5-17-27-19-21-31-32-22-20-28-18-6-4-8-24-11-15-26(30-2)16-12-24;;/h9-16,27-28H,3-8,17-22H2,1-2H3;2*1H. The Morgan fingerprint density at radius 1 is 0.559 bits per heavy atom. The van der Waals surface area contributed by atoms with Crippen LogP contribution < -0.4 is 20.1 Å². The zero-order valence-electron chi connectivity index (χ0n) is 20.6. The number of nitrogens with one attached hydrogen (secondary N) is 2. The van der Waals surface area contributed by atoms with Crippen LogP contribution in [0.25, 0.3) is 0 Å². The summed E-state index contributed by atoms with van der Waals surface area (Å²) in [6, 6.07) is 16.8. The van der Waals surface area contributed by atoms with E-state index in [1.165, 1.54) is 48.3 Å². The summed E-state index contributed by atoms with van der Waals surface area (Å²) in [7, 11) is 7.38. The number of methoxy groups -OCH3 is 2. The number of unbranched alkanes of at least 4 members (excludes halogenated alkanes) is 2. The Kier molecular flexibility index (Phi) is 22.2. The molecule has 2 aromatic rings. The normalized spacial score (nSPS) is 10.3. The lowest BCUT2D eigenvalue weighted by molar-refractivity contribution is 0.414. The van der Waals surface area contributed by atoms with Crippen molar-refractivity contribution in [2.45, 2.75) is 38.5 Å². The Balaban J connectivity index is 0.00000544. The topological polar surface area (TPSA) is 42.5 Å². The van der Waals surface area contributed by atoms with Gasteiger partial charge in [-0.15, -0.1) is 24.8 Å². The minimum atomic E-state index is 0. The first kappa shape index (κ1) is 33.2. The first-order valence-electron chi connectivity index (χ1n) is 11.7. The number of rotatable bonds is 19. The molecule has 0 atom stereocenters. The molecule has 0 saturated carbocycles. The van der Waals surface area contributed by atoms with Gasteiger partial charge < -0.3 is 20.1 Å². The van der Waals surface area contributed by atoms with Gasteiger partial charge in [-0.3, -0.25) is 0 Å². The Morgan fingerprint density at radius 2 is 0.941 bits per heavy atom. The molecule has 2 rings (SSSR count). The average molecular weight is 550 g/mol. The molecule has 2 N–H and O–H groups in total. The van der Waals surface area contributed by atoms with Crippen molar-refractivity contribution in [3.8, 4) is 11.5 Å². The monoisotopic (exact) mass is 548 g/mol. The van der Waals surface area contributed by atoms with Crippen molar-refractivity contribution in [1.82, 2.24) is 10.6 Å². The van der Waals surface area contributed by atoms with E-state index < -0.39 is 0 Å². The molecule has 0 aliphatic carbocycles. The second kappa shape index (κ2) is 22.7. The molecule has 0 aliphatic rings. The van der Waals surface area contributed by atoms with Crippen molar-refractivity contribution in [1.29, 1.82) is 0 Å². The number of hydrogen-bond acceptors (Lipinski definition) is 6. The fourth-order valence-corrected chi connectivity index (χ4v) is 5.24. The van der Waals surface area contributed by atoms with Crippen molar-refractivity contribution in [2.24, 2.45) is 0 Å². The number of benzene rings is 2. The molecule has 0 spiro atoms. The first-order valence-corrected chi connectivity index (χ1v) is 14.2. The summed E-state index contributed by atoms with van der Waals surface area (Å²) >= 11 is 0. The molecule has 8 heteroatoms. The lowest BCUT2D eigenvalue weighted by atomic mass is 10.1. The molecule has 194 valence electrons. The van der Waals surface area contributed by atoms with E-state index in [2.05, 4.69) is 34.9 Å². The van der Waals surface area contributed by atoms with Crippen molar-refractivity contribution in [3.63, 3.8) is 0 Å². The van der Waals surface area contributed by atoms with Gasteiger partial charge in [0.05, 0.1) is 14.2 Å². The molecule has 0 amide bonds. The minimum Gasteiger partial charge on any atom is -0.497 e. The largest absolute Gasteiger partial charge is 0.497 e. The third-order valence-corrected chi connectivity index (χ3v) is 7.67. The molecule has 0 radical (unpaired) electrons. The highest BCUT2D eigenvalue weighted by molar-refractivity contribution is 8.76. The van der Waals surface area contributed by atoms with Crippen LogP contribution in [0.15, 0.2) is 48.5 Å². The van der Waals surface area contributed by atoms with Gasteiger partial charge in [0.1, 0.15) is 11.5 Å². The van der Waals surface area contributed by atoms with Gasteiger partial charge in [0, 0.05) is 24.6 Å². The summed E-state index contributed by atoms with van der Waals surface area (Å²) in [5.74, 6) is 4.21. The highest BCUT2D eigenvalue weighted by atomic mass is 35.5. The Bertz CT molecular complexity index is 645. The van der Waals surface area contributed by atoms with Crippen LogP contribution in [0.4, 0.5) is 0 Å². The molecule has 4 nitrogen and oxygen atoms in total. The average Bonchev–Trinajstić information content (AvgIpc) is 2.84. The van der Waals surface area contributed by atoms with E-state index in [9.17, 15) is 0 Å². The second-order valence-corrected chi connectivity index (χ2v) is 10.5. The lowest BCUT2D eigenvalue weighted by Crippen LogP contribution is -2.19. The zero-order valence-corrected chi connectivity index (χ0v) is 23.8. The molecule has 0 unspecified atom stereocenters. The van der Waals surface area contributed by atoms with Gasteiger partial charge in [-0.25, -0.2) is 0 Å². The summed E-state index contributed by atoms with van der Waals surface area (Å²) < 4.78 is 10.4. The molecule has 0 fully saturated rings. The van der Waals surface area contributed by atoms with Gasteiger partial charge in [0.2, 0.25) is 0 Å². The Labute approximate surface area is 227 Å². The maximum absolute atomic E-state index is 5.20. The van der Waals surface area contributed by atoms with Crippen LogP contribution in [0.3, 0.4) is 0 Å². The van der Waals surface area contributed by atoms with Crippen LogP contribution >= 0.6 is 46.4 Å². The fourth-order valence-electron chi connectivity index (χ4n) is 3.34. The van der Waals surface area contributed by atoms with Gasteiger partial charge in [0.15, 0.2) is 0 Å². The van der Waals surface area contributed by atoms with Crippen LogP contribution in [-0.4, -0.2) is 51.9 Å². The van der Waals surface area contributed by atoms with E-state index in [1.54, 1.807) is 14.2 Å². The maximum atomic E-state index is 5.20. The zero-order chi connectivity index (χ0) is 22.7. The predicted octanol–water partition coefficient (Wildman–Crippen LogP) is 6.45. The summed E-state index contributed by atoms with van der Waals surface area (Å²) in [6.07, 6.45) is 7.20. The van der Waals surface area contributed by atoms with E-state index in [0.29, 0.717) is 0 Å². The van der Waals surface area contributed by atoms with Crippen molar-refractivity contribution >= 4 is 46.4 Å². The van der Waals surface area contributed by atoms with Crippen molar-refractivity contribution in [2.75, 3.05) is 51.9 Å². The summed E-state index contributed by atoms with van der Waals surface area (Å²) in [4.78, 5) is 0. The van der Waals surface area contributed by atoms with Crippen molar-refractivity contribution < 1.29 is 9.47 Å². The minimum absolute atomic E-state index is 0. The quantitative estimate of drug-likeness (QED) is 0.155. The van der Waals surface area contributed by atoms with Crippen LogP contribution in [0, 0.1) is 0 Å². The number of halogens is 2. The highest BCUT2D eigenvalue weighted by Crippen LogP contribution is 2.19. The second-order valence-electron chi connectivity index (χ2n) is 7.75. The van der Waals surface area contributed by atoms with E-state index in [-0.39, 0.29) is 24.8 Å². The van der Waals surface area contributed by atoms with E-state index >= 15 is 0 Å². The SMILES string of the molecule is COc1ccc(CCCCNCCSSCCNCCCCc2ccc(OC)cc2)cc1.Cl.Cl. The van der Waals surface area contributed by atoms with Gasteiger partial charge in [-0.05, 0) is 87.0 Å². The summed E-state index contributed by atoms with van der Waals surface area (Å²) in [5.41, 5.74) is 2.78. The summed E-state index contributed by atoms with van der Waals surface area (Å²) in [5, 5.41) is 7.12. The molecule has 0 aliphatic heterocycles. The van der Waals surface area contributed by atoms with Gasteiger partial charge >= 0.3 is 0 Å². The molecule has 0 aromatic heterocycles. The Hall–Kier alpha value is -0.760. The van der Waals surface area contributed by atoms with Gasteiger partial charge in [0.25, 0.3) is 0 Å². The summed E-state index contributed by atoms with van der Waals surface area (Å²) in [6.45, 7) is 4.41. The molecule has 0 bridgehead atoms. The molecule has 0 saturated heterocycles. The third kappa shape index (κ3) is 16.0. The molecule has 2 aromatic carbocycles.